The maximum absolute atomic E-state index is 12.1. The van der Waals surface area contributed by atoms with Gasteiger partial charge < -0.3 is 0 Å². The largest absolute Gasteiger partial charge is 0.298 e. The third-order valence-electron chi connectivity index (χ3n) is 6.73. The maximum Gasteiger partial charge on any atom is 0.269 e. The van der Waals surface area contributed by atoms with E-state index in [1.54, 1.807) is 24.3 Å². The van der Waals surface area contributed by atoms with Crippen molar-refractivity contribution in [1.82, 2.24) is 9.97 Å². The number of pyridine rings is 2. The van der Waals surface area contributed by atoms with E-state index in [0.29, 0.717) is 46.5 Å². The van der Waals surface area contributed by atoms with Gasteiger partial charge in [-0.3, -0.25) is 60.2 Å². The summed E-state index contributed by atoms with van der Waals surface area (Å²) in [6.45, 7) is 0. The molecule has 0 fully saturated rings. The molecule has 6 rings (SSSR count). The van der Waals surface area contributed by atoms with Crippen LogP contribution < -0.4 is 10.9 Å². The fourth-order valence-electron chi connectivity index (χ4n) is 4.37. The summed E-state index contributed by atoms with van der Waals surface area (Å²) in [7, 11) is 0. The minimum Gasteiger partial charge on any atom is -0.298 e. The number of allylic oxidation sites excluding steroid dienone is 4. The van der Waals surface area contributed by atoms with Crippen LogP contribution in [0, 0.1) is 20.2 Å². The molecule has 0 spiro atoms. The van der Waals surface area contributed by atoms with Gasteiger partial charge in [0.05, 0.1) is 43.8 Å². The van der Waals surface area contributed by atoms with E-state index in [1.807, 2.05) is 0 Å². The second-order valence-electron chi connectivity index (χ2n) is 9.72. The van der Waals surface area contributed by atoms with Crippen molar-refractivity contribution < 1.29 is 46.1 Å². The Morgan fingerprint density at radius 3 is 1.31 bits per heavy atom. The summed E-state index contributed by atoms with van der Waals surface area (Å²) >= 11 is 0. The van der Waals surface area contributed by atoms with E-state index in [9.17, 15) is 39.4 Å². The smallest absolute Gasteiger partial charge is 0.269 e. The fraction of sp³-hybridized carbons (Fsp3) is 0. The standard InChI is InChI=1S/2C16H10N4O4.Mn/c2*21-9-10-8-14(13-2-1-7-17-15(13)16(10)22)19-18-11-3-5-12(6-4-11)20(23)24;/h2*1-9,18H;/b2*19-14-;. The minimum atomic E-state index is -0.497. The molecule has 0 unspecified atom stereocenters. The second-order valence-corrected chi connectivity index (χ2v) is 9.72. The number of anilines is 2. The van der Waals surface area contributed by atoms with Crippen molar-refractivity contribution in [2.75, 3.05) is 10.9 Å². The number of Topliss-reactive ketones (excluding diaryl/α,β-unsaturated/α-hetero) is 2. The van der Waals surface area contributed by atoms with Crippen LogP contribution in [0.25, 0.3) is 0 Å². The molecule has 243 valence electrons. The third kappa shape index (κ3) is 7.94. The first kappa shape index (κ1) is 35.0. The van der Waals surface area contributed by atoms with E-state index in [1.165, 1.54) is 73.1 Å². The van der Waals surface area contributed by atoms with Gasteiger partial charge in [0.1, 0.15) is 11.4 Å². The topological polar surface area (TPSA) is 229 Å². The van der Waals surface area contributed by atoms with Crippen molar-refractivity contribution in [2.45, 2.75) is 0 Å². The number of rotatable bonds is 8. The van der Waals surface area contributed by atoms with Crippen LogP contribution in [0.1, 0.15) is 32.1 Å². The number of benzene rings is 2. The molecule has 2 aliphatic carbocycles. The number of ketones is 2. The van der Waals surface area contributed by atoms with Crippen LogP contribution in [0.2, 0.25) is 0 Å². The Morgan fingerprint density at radius 1 is 0.612 bits per heavy atom. The molecule has 2 heterocycles. The van der Waals surface area contributed by atoms with Gasteiger partial charge in [0.15, 0.2) is 12.6 Å². The Hall–Kier alpha value is -6.84. The van der Waals surface area contributed by atoms with Gasteiger partial charge in [0.2, 0.25) is 11.6 Å². The van der Waals surface area contributed by atoms with Gasteiger partial charge in [-0.15, -0.1) is 0 Å². The molecule has 2 N–H and O–H groups in total. The zero-order valence-corrected chi connectivity index (χ0v) is 25.9. The first-order chi connectivity index (χ1) is 23.2. The molecular formula is C32H20MnN8O8. The Morgan fingerprint density at radius 2 is 0.980 bits per heavy atom. The Balaban J connectivity index is 0.000000216. The summed E-state index contributed by atoms with van der Waals surface area (Å²) < 4.78 is 0. The summed E-state index contributed by atoms with van der Waals surface area (Å²) in [5, 5.41) is 29.6. The molecule has 0 saturated carbocycles. The van der Waals surface area contributed by atoms with Crippen molar-refractivity contribution in [3.8, 4) is 0 Å². The molecule has 17 heteroatoms. The molecule has 1 radical (unpaired) electrons. The van der Waals surface area contributed by atoms with Crippen LogP contribution in [0.15, 0.2) is 119 Å². The third-order valence-corrected chi connectivity index (χ3v) is 6.73. The Bertz CT molecular complexity index is 1960. The number of nitro groups is 2. The molecule has 16 nitrogen and oxygen atoms in total. The van der Waals surface area contributed by atoms with Gasteiger partial charge >= 0.3 is 0 Å². The average Bonchev–Trinajstić information content (AvgIpc) is 3.12. The van der Waals surface area contributed by atoms with Crippen LogP contribution in [-0.4, -0.2) is 55.4 Å². The average molecular weight is 699 g/mol. The molecule has 2 aromatic carbocycles. The fourth-order valence-corrected chi connectivity index (χ4v) is 4.37. The molecule has 2 aromatic heterocycles. The summed E-state index contributed by atoms with van der Waals surface area (Å²) in [6, 6.07) is 18.1. The predicted molar refractivity (Wildman–Crippen MR) is 172 cm³/mol. The van der Waals surface area contributed by atoms with E-state index >= 15 is 0 Å². The van der Waals surface area contributed by atoms with Crippen molar-refractivity contribution >= 4 is 58.3 Å². The monoisotopic (exact) mass is 699 g/mol. The number of hydrazone groups is 2. The number of non-ortho nitro benzene ring substituents is 2. The zero-order valence-electron chi connectivity index (χ0n) is 24.7. The van der Waals surface area contributed by atoms with Crippen LogP contribution in [0.3, 0.4) is 0 Å². The number of aromatic nitrogens is 2. The SMILES string of the molecule is O=CC1=C/C(=N/Nc2ccc([N+](=O)[O-])cc2)c2cccnc2C1=O.O=CC1=C/C(=N/Nc2ccc([N+](=O)[O-])cc2)c2cccnc2C1=O.[Mn]. The van der Waals surface area contributed by atoms with Crippen molar-refractivity contribution in [3.05, 3.63) is 151 Å². The van der Waals surface area contributed by atoms with Gasteiger partial charge in [-0.05, 0) is 60.7 Å². The summed E-state index contributed by atoms with van der Waals surface area (Å²) in [5.41, 5.74) is 8.47. The number of hydrogen-bond acceptors (Lipinski definition) is 14. The normalized spacial score (nSPS) is 14.4. The molecule has 2 aliphatic rings. The summed E-state index contributed by atoms with van der Waals surface area (Å²) in [4.78, 5) is 74.5. The summed E-state index contributed by atoms with van der Waals surface area (Å²) in [6.07, 6.45) is 6.59. The Kier molecular flexibility index (Phi) is 11.2. The van der Waals surface area contributed by atoms with Crippen LogP contribution >= 0.6 is 0 Å². The first-order valence-electron chi connectivity index (χ1n) is 13.7. The van der Waals surface area contributed by atoms with Gasteiger partial charge in [0, 0.05) is 64.9 Å². The molecule has 0 amide bonds. The maximum atomic E-state index is 12.1. The number of hydrogen-bond donors (Lipinski definition) is 2. The molecule has 0 saturated heterocycles. The number of carbonyl (C=O) groups is 4. The molecule has 0 aliphatic heterocycles. The second kappa shape index (κ2) is 15.6. The van der Waals surface area contributed by atoms with Crippen molar-refractivity contribution in [1.29, 1.82) is 0 Å². The van der Waals surface area contributed by atoms with Gasteiger partial charge in [0.25, 0.3) is 11.4 Å². The number of fused-ring (bicyclic) bond motifs is 2. The quantitative estimate of drug-likeness (QED) is 0.0865. The zero-order chi connectivity index (χ0) is 34.2. The number of nitro benzene ring substituents is 2. The molecule has 0 bridgehead atoms. The Labute approximate surface area is 286 Å². The van der Waals surface area contributed by atoms with E-state index in [-0.39, 0.29) is 51.0 Å². The van der Waals surface area contributed by atoms with E-state index in [0.717, 1.165) is 0 Å². The van der Waals surface area contributed by atoms with Gasteiger partial charge in [-0.25, -0.2) is 0 Å². The van der Waals surface area contributed by atoms with Gasteiger partial charge in [-0.2, -0.15) is 10.2 Å². The van der Waals surface area contributed by atoms with Crippen molar-refractivity contribution in [2.24, 2.45) is 10.2 Å². The van der Waals surface area contributed by atoms with Crippen LogP contribution in [-0.2, 0) is 26.7 Å². The van der Waals surface area contributed by atoms with Crippen LogP contribution in [0.4, 0.5) is 22.7 Å². The minimum absolute atomic E-state index is 0. The number of carbonyl (C=O) groups excluding carboxylic acids is 4. The summed E-state index contributed by atoms with van der Waals surface area (Å²) in [5.74, 6) is -0.898. The predicted octanol–water partition coefficient (Wildman–Crippen LogP) is 4.25. The molecule has 0 atom stereocenters. The molecule has 49 heavy (non-hydrogen) atoms. The van der Waals surface area contributed by atoms with Crippen molar-refractivity contribution in [3.63, 3.8) is 0 Å². The number of aldehydes is 2. The van der Waals surface area contributed by atoms with Crippen LogP contribution in [0.5, 0.6) is 0 Å². The van der Waals surface area contributed by atoms with Gasteiger partial charge in [-0.1, -0.05) is 0 Å². The first-order valence-corrected chi connectivity index (χ1v) is 13.7. The van der Waals surface area contributed by atoms with E-state index < -0.39 is 21.4 Å². The molecular weight excluding hydrogens is 679 g/mol. The number of nitrogens with one attached hydrogen (secondary N) is 2. The molecule has 4 aromatic rings. The van der Waals surface area contributed by atoms with E-state index in [2.05, 4.69) is 31.0 Å². The van der Waals surface area contributed by atoms with E-state index in [4.69, 9.17) is 0 Å². The number of nitrogens with zero attached hydrogens (tertiary/aromatic N) is 6.